The van der Waals surface area contributed by atoms with E-state index in [1.165, 1.54) is 0 Å². The molecule has 2 aromatic rings. The van der Waals surface area contributed by atoms with E-state index in [9.17, 15) is 5.11 Å². The first kappa shape index (κ1) is 13.6. The van der Waals surface area contributed by atoms with Crippen LogP contribution in [0.5, 0.6) is 0 Å². The number of hydrogen-bond donors (Lipinski definition) is 1. The molecule has 0 unspecified atom stereocenters. The Kier molecular flexibility index (Phi) is 4.13. The summed E-state index contributed by atoms with van der Waals surface area (Å²) in [6, 6.07) is 9.87. The Morgan fingerprint density at radius 3 is 2.62 bits per heavy atom. The number of benzene rings is 1. The highest BCUT2D eigenvalue weighted by Crippen LogP contribution is 2.20. The summed E-state index contributed by atoms with van der Waals surface area (Å²) in [5, 5.41) is 9.61. The Labute approximate surface area is 124 Å². The lowest BCUT2D eigenvalue weighted by Crippen LogP contribution is -2.36. The van der Waals surface area contributed by atoms with Gasteiger partial charge >= 0.3 is 0 Å². The molecule has 4 nitrogen and oxygen atoms in total. The van der Waals surface area contributed by atoms with Crippen LogP contribution in [-0.4, -0.2) is 34.3 Å². The fourth-order valence-electron chi connectivity index (χ4n) is 2.40. The molecule has 1 saturated heterocycles. The van der Waals surface area contributed by atoms with Crippen LogP contribution < -0.4 is 4.90 Å². The molecule has 0 atom stereocenters. The Hall–Kier alpha value is -2.38. The molecule has 0 aliphatic carbocycles. The smallest absolute Gasteiger partial charge is 0.147 e. The van der Waals surface area contributed by atoms with Crippen LogP contribution in [0.2, 0.25) is 0 Å². The Morgan fingerprint density at radius 2 is 1.86 bits per heavy atom. The molecule has 3 rings (SSSR count). The van der Waals surface area contributed by atoms with E-state index in [0.717, 1.165) is 42.9 Å². The van der Waals surface area contributed by atoms with Crippen molar-refractivity contribution in [1.29, 1.82) is 0 Å². The van der Waals surface area contributed by atoms with E-state index in [1.54, 1.807) is 12.5 Å². The molecule has 0 amide bonds. The first-order valence-electron chi connectivity index (χ1n) is 7.13. The van der Waals surface area contributed by atoms with E-state index in [-0.39, 0.29) is 6.10 Å². The van der Waals surface area contributed by atoms with Crippen molar-refractivity contribution in [3.63, 3.8) is 0 Å². The number of nitrogens with zero attached hydrogens (tertiary/aromatic N) is 3. The molecular formula is C17H17N3O. The lowest BCUT2D eigenvalue weighted by atomic mass is 10.1. The molecule has 1 aromatic carbocycles. The number of aromatic nitrogens is 2. The van der Waals surface area contributed by atoms with Crippen molar-refractivity contribution in [3.8, 4) is 11.8 Å². The van der Waals surface area contributed by atoms with E-state index < -0.39 is 0 Å². The van der Waals surface area contributed by atoms with E-state index in [1.807, 2.05) is 30.3 Å². The van der Waals surface area contributed by atoms with Gasteiger partial charge in [0.25, 0.3) is 0 Å². The Balaban J connectivity index is 1.85. The van der Waals surface area contributed by atoms with Crippen molar-refractivity contribution in [1.82, 2.24) is 9.97 Å². The topological polar surface area (TPSA) is 49.2 Å². The summed E-state index contributed by atoms with van der Waals surface area (Å²) in [6.07, 6.45) is 4.66. The summed E-state index contributed by atoms with van der Waals surface area (Å²) in [5.74, 6) is 7.16. The van der Waals surface area contributed by atoms with Gasteiger partial charge in [0.2, 0.25) is 0 Å². The van der Waals surface area contributed by atoms with Gasteiger partial charge in [-0.2, -0.15) is 0 Å². The Morgan fingerprint density at radius 1 is 1.10 bits per heavy atom. The Bertz CT molecular complexity index is 652. The molecular weight excluding hydrogens is 262 g/mol. The van der Waals surface area contributed by atoms with Crippen LogP contribution in [0.15, 0.2) is 42.9 Å². The number of rotatable bonds is 1. The third kappa shape index (κ3) is 3.39. The zero-order chi connectivity index (χ0) is 14.5. The van der Waals surface area contributed by atoms with Gasteiger partial charge in [-0.1, -0.05) is 30.0 Å². The van der Waals surface area contributed by atoms with Crippen molar-refractivity contribution in [2.45, 2.75) is 18.9 Å². The molecule has 2 heterocycles. The highest BCUT2D eigenvalue weighted by atomic mass is 16.3. The predicted molar refractivity (Wildman–Crippen MR) is 81.9 cm³/mol. The first-order valence-corrected chi connectivity index (χ1v) is 7.13. The van der Waals surface area contributed by atoms with Gasteiger partial charge in [-0.15, -0.1) is 0 Å². The van der Waals surface area contributed by atoms with Gasteiger partial charge in [0.1, 0.15) is 12.1 Å². The first-order chi connectivity index (χ1) is 10.3. The lowest BCUT2D eigenvalue weighted by molar-refractivity contribution is 0.145. The molecule has 0 spiro atoms. The summed E-state index contributed by atoms with van der Waals surface area (Å²) in [5.41, 5.74) is 1.80. The van der Waals surface area contributed by atoms with E-state index in [2.05, 4.69) is 26.7 Å². The van der Waals surface area contributed by atoms with Gasteiger partial charge in [-0.05, 0) is 25.0 Å². The van der Waals surface area contributed by atoms with Gasteiger partial charge in [-0.25, -0.2) is 9.97 Å². The van der Waals surface area contributed by atoms with Crippen molar-refractivity contribution in [2.75, 3.05) is 18.0 Å². The molecule has 1 fully saturated rings. The number of piperidine rings is 1. The van der Waals surface area contributed by atoms with Crippen LogP contribution in [0.1, 0.15) is 24.0 Å². The van der Waals surface area contributed by atoms with Gasteiger partial charge in [0, 0.05) is 24.8 Å². The molecule has 21 heavy (non-hydrogen) atoms. The number of aliphatic hydroxyl groups excluding tert-OH is 1. The normalized spacial score (nSPS) is 15.4. The summed E-state index contributed by atoms with van der Waals surface area (Å²) in [4.78, 5) is 10.6. The van der Waals surface area contributed by atoms with Crippen molar-refractivity contribution in [3.05, 3.63) is 54.0 Å². The summed E-state index contributed by atoms with van der Waals surface area (Å²) >= 11 is 0. The van der Waals surface area contributed by atoms with E-state index >= 15 is 0 Å². The standard InChI is InChI=1S/C17H17N3O/c21-16-8-10-20(11-9-16)17-15(12-18-13-19-17)7-6-14-4-2-1-3-5-14/h1-5,12-13,16,21H,8-11H2. The lowest BCUT2D eigenvalue weighted by Gasteiger charge is -2.30. The second-order valence-electron chi connectivity index (χ2n) is 5.09. The minimum Gasteiger partial charge on any atom is -0.393 e. The number of aliphatic hydroxyl groups is 1. The van der Waals surface area contributed by atoms with Crippen LogP contribution in [0, 0.1) is 11.8 Å². The van der Waals surface area contributed by atoms with Gasteiger partial charge in [-0.3, -0.25) is 0 Å². The molecule has 1 aromatic heterocycles. The zero-order valence-corrected chi connectivity index (χ0v) is 11.7. The van der Waals surface area contributed by atoms with Crippen LogP contribution in [0.25, 0.3) is 0 Å². The van der Waals surface area contributed by atoms with Gasteiger partial charge < -0.3 is 10.0 Å². The maximum absolute atomic E-state index is 9.61. The molecule has 1 aliphatic heterocycles. The molecule has 0 saturated carbocycles. The fraction of sp³-hybridized carbons (Fsp3) is 0.294. The molecule has 0 bridgehead atoms. The summed E-state index contributed by atoms with van der Waals surface area (Å²) < 4.78 is 0. The van der Waals surface area contributed by atoms with Gasteiger partial charge in [0.05, 0.1) is 11.7 Å². The maximum Gasteiger partial charge on any atom is 0.147 e. The third-order valence-corrected chi connectivity index (χ3v) is 3.57. The zero-order valence-electron chi connectivity index (χ0n) is 11.7. The predicted octanol–water partition coefficient (Wildman–Crippen LogP) is 1.84. The van der Waals surface area contributed by atoms with Crippen molar-refractivity contribution >= 4 is 5.82 Å². The van der Waals surface area contributed by atoms with Crippen LogP contribution in [-0.2, 0) is 0 Å². The molecule has 4 heteroatoms. The van der Waals surface area contributed by atoms with Crippen molar-refractivity contribution in [2.24, 2.45) is 0 Å². The quantitative estimate of drug-likeness (QED) is 0.809. The summed E-state index contributed by atoms with van der Waals surface area (Å²) in [7, 11) is 0. The maximum atomic E-state index is 9.61. The number of hydrogen-bond acceptors (Lipinski definition) is 4. The fourth-order valence-corrected chi connectivity index (χ4v) is 2.40. The molecule has 1 aliphatic rings. The average molecular weight is 279 g/mol. The second kappa shape index (κ2) is 6.38. The number of anilines is 1. The van der Waals surface area contributed by atoms with E-state index in [4.69, 9.17) is 0 Å². The van der Waals surface area contributed by atoms with Crippen LogP contribution >= 0.6 is 0 Å². The monoisotopic (exact) mass is 279 g/mol. The van der Waals surface area contributed by atoms with Crippen LogP contribution in [0.4, 0.5) is 5.82 Å². The third-order valence-electron chi connectivity index (χ3n) is 3.57. The minimum absolute atomic E-state index is 0.193. The second-order valence-corrected chi connectivity index (χ2v) is 5.09. The average Bonchev–Trinajstić information content (AvgIpc) is 2.55. The highest BCUT2D eigenvalue weighted by Gasteiger charge is 2.19. The largest absolute Gasteiger partial charge is 0.393 e. The molecule has 1 N–H and O–H groups in total. The SMILES string of the molecule is OC1CCN(c2ncncc2C#Cc2ccccc2)CC1. The van der Waals surface area contributed by atoms with E-state index in [0.29, 0.717) is 0 Å². The van der Waals surface area contributed by atoms with Gasteiger partial charge in [0.15, 0.2) is 0 Å². The molecule has 0 radical (unpaired) electrons. The summed E-state index contributed by atoms with van der Waals surface area (Å²) in [6.45, 7) is 1.61. The molecule has 106 valence electrons. The highest BCUT2D eigenvalue weighted by molar-refractivity contribution is 5.56. The van der Waals surface area contributed by atoms with Crippen molar-refractivity contribution < 1.29 is 5.11 Å². The van der Waals surface area contributed by atoms with Crippen LogP contribution in [0.3, 0.4) is 0 Å². The minimum atomic E-state index is -0.193.